The smallest absolute Gasteiger partial charge is 0.248 e. The normalized spacial score (nSPS) is 23.5. The summed E-state index contributed by atoms with van der Waals surface area (Å²) >= 11 is 0. The minimum absolute atomic E-state index is 0.126. The van der Waals surface area contributed by atoms with Crippen LogP contribution in [0.3, 0.4) is 0 Å². The molecule has 2 heterocycles. The van der Waals surface area contributed by atoms with Gasteiger partial charge in [0.15, 0.2) is 0 Å². The number of hydrogen-bond donors (Lipinski definition) is 1. The molecule has 19 heavy (non-hydrogen) atoms. The van der Waals surface area contributed by atoms with Crippen LogP contribution >= 0.6 is 0 Å². The van der Waals surface area contributed by atoms with Gasteiger partial charge in [-0.2, -0.15) is 0 Å². The molecule has 0 aliphatic carbocycles. The Morgan fingerprint density at radius 1 is 1.37 bits per heavy atom. The first-order chi connectivity index (χ1) is 8.98. The van der Waals surface area contributed by atoms with Gasteiger partial charge in [-0.1, -0.05) is 0 Å². The molecule has 0 saturated carbocycles. The molecule has 2 aliphatic heterocycles. The molecule has 0 aromatic heterocycles. The first-order valence-electron chi connectivity index (χ1n) is 7.26. The molecule has 5 nitrogen and oxygen atoms in total. The third kappa shape index (κ3) is 4.16. The number of piperidine rings is 1. The third-order valence-corrected chi connectivity index (χ3v) is 4.13. The van der Waals surface area contributed by atoms with E-state index in [1.54, 1.807) is 0 Å². The number of rotatable bonds is 5. The summed E-state index contributed by atoms with van der Waals surface area (Å²) in [7, 11) is 4.22. The second-order valence-electron chi connectivity index (χ2n) is 6.43. The fraction of sp³-hybridized carbons (Fsp3) is 0.929. The SMILES string of the molecule is CN(C)CC1CCN(C(=O)COC2(C)CNC2)CC1. The average Bonchev–Trinajstić information content (AvgIpc) is 2.34. The van der Waals surface area contributed by atoms with Crippen molar-refractivity contribution in [3.8, 4) is 0 Å². The van der Waals surface area contributed by atoms with Crippen molar-refractivity contribution in [1.29, 1.82) is 0 Å². The van der Waals surface area contributed by atoms with Crippen molar-refractivity contribution in [3.63, 3.8) is 0 Å². The van der Waals surface area contributed by atoms with Crippen molar-refractivity contribution in [2.75, 3.05) is 53.4 Å². The molecule has 0 aromatic rings. The van der Waals surface area contributed by atoms with Crippen LogP contribution in [0, 0.1) is 5.92 Å². The van der Waals surface area contributed by atoms with E-state index in [4.69, 9.17) is 4.74 Å². The molecule has 0 spiro atoms. The highest BCUT2D eigenvalue weighted by Gasteiger charge is 2.34. The fourth-order valence-electron chi connectivity index (χ4n) is 2.79. The van der Waals surface area contributed by atoms with Crippen molar-refractivity contribution >= 4 is 5.91 Å². The summed E-state index contributed by atoms with van der Waals surface area (Å²) in [5.41, 5.74) is -0.126. The molecule has 0 aromatic carbocycles. The van der Waals surface area contributed by atoms with Crippen LogP contribution in [-0.2, 0) is 9.53 Å². The zero-order valence-corrected chi connectivity index (χ0v) is 12.4. The van der Waals surface area contributed by atoms with E-state index in [0.717, 1.165) is 51.5 Å². The third-order valence-electron chi connectivity index (χ3n) is 4.13. The summed E-state index contributed by atoms with van der Waals surface area (Å²) in [6, 6.07) is 0. The number of nitrogens with zero attached hydrogens (tertiary/aromatic N) is 2. The summed E-state index contributed by atoms with van der Waals surface area (Å²) in [6.45, 7) is 6.89. The number of carbonyl (C=O) groups excluding carboxylic acids is 1. The fourth-order valence-corrected chi connectivity index (χ4v) is 2.79. The summed E-state index contributed by atoms with van der Waals surface area (Å²) in [5.74, 6) is 0.879. The minimum atomic E-state index is -0.126. The lowest BCUT2D eigenvalue weighted by atomic mass is 9.96. The van der Waals surface area contributed by atoms with Crippen LogP contribution in [0.2, 0.25) is 0 Å². The van der Waals surface area contributed by atoms with Gasteiger partial charge in [0.05, 0.1) is 5.60 Å². The molecule has 110 valence electrons. The van der Waals surface area contributed by atoms with Crippen LogP contribution in [0.4, 0.5) is 0 Å². The van der Waals surface area contributed by atoms with E-state index in [1.165, 1.54) is 0 Å². The maximum Gasteiger partial charge on any atom is 0.248 e. The number of ether oxygens (including phenoxy) is 1. The van der Waals surface area contributed by atoms with Crippen LogP contribution in [-0.4, -0.2) is 74.7 Å². The van der Waals surface area contributed by atoms with E-state index in [9.17, 15) is 4.79 Å². The second-order valence-corrected chi connectivity index (χ2v) is 6.43. The molecular formula is C14H27N3O2. The number of amides is 1. The van der Waals surface area contributed by atoms with E-state index < -0.39 is 0 Å². The lowest BCUT2D eigenvalue weighted by Crippen LogP contribution is -2.59. The highest BCUT2D eigenvalue weighted by Crippen LogP contribution is 2.19. The van der Waals surface area contributed by atoms with E-state index >= 15 is 0 Å². The highest BCUT2D eigenvalue weighted by atomic mass is 16.5. The van der Waals surface area contributed by atoms with Gasteiger partial charge in [0.1, 0.15) is 6.61 Å². The predicted molar refractivity (Wildman–Crippen MR) is 75.1 cm³/mol. The Balaban J connectivity index is 1.67. The molecule has 0 bridgehead atoms. The Labute approximate surface area is 116 Å². The Kier molecular flexibility index (Phi) is 4.81. The molecule has 0 atom stereocenters. The molecular weight excluding hydrogens is 242 g/mol. The van der Waals surface area contributed by atoms with Gasteiger partial charge in [-0.05, 0) is 39.8 Å². The van der Waals surface area contributed by atoms with Crippen molar-refractivity contribution in [2.45, 2.75) is 25.4 Å². The van der Waals surface area contributed by atoms with E-state index in [0.29, 0.717) is 0 Å². The molecule has 1 N–H and O–H groups in total. The Hall–Kier alpha value is -0.650. The summed E-state index contributed by atoms with van der Waals surface area (Å²) in [6.07, 6.45) is 2.23. The van der Waals surface area contributed by atoms with Crippen LogP contribution in [0.25, 0.3) is 0 Å². The van der Waals surface area contributed by atoms with Crippen molar-refractivity contribution in [1.82, 2.24) is 15.1 Å². The molecule has 2 saturated heterocycles. The second kappa shape index (κ2) is 6.20. The van der Waals surface area contributed by atoms with Gasteiger partial charge >= 0.3 is 0 Å². The predicted octanol–water partition coefficient (Wildman–Crippen LogP) is 0.165. The largest absolute Gasteiger partial charge is 0.363 e. The molecule has 5 heteroatoms. The van der Waals surface area contributed by atoms with Gasteiger partial charge in [-0.15, -0.1) is 0 Å². The van der Waals surface area contributed by atoms with Crippen LogP contribution in [0.1, 0.15) is 19.8 Å². The monoisotopic (exact) mass is 269 g/mol. The standard InChI is InChI=1S/C14H27N3O2/c1-14(10-15-11-14)19-9-13(18)17-6-4-12(5-7-17)8-16(2)3/h12,15H,4-11H2,1-3H3. The molecule has 0 radical (unpaired) electrons. The maximum atomic E-state index is 12.1. The zero-order valence-electron chi connectivity index (χ0n) is 12.4. The molecule has 1 amide bonds. The highest BCUT2D eigenvalue weighted by molar-refractivity contribution is 5.77. The van der Waals surface area contributed by atoms with Crippen molar-refractivity contribution in [3.05, 3.63) is 0 Å². The van der Waals surface area contributed by atoms with Crippen LogP contribution in [0.5, 0.6) is 0 Å². The molecule has 2 fully saturated rings. The van der Waals surface area contributed by atoms with Gasteiger partial charge in [-0.25, -0.2) is 0 Å². The van der Waals surface area contributed by atoms with Gasteiger partial charge in [-0.3, -0.25) is 4.79 Å². The summed E-state index contributed by atoms with van der Waals surface area (Å²) < 4.78 is 5.71. The minimum Gasteiger partial charge on any atom is -0.363 e. The number of likely N-dealkylation sites (tertiary alicyclic amines) is 1. The topological polar surface area (TPSA) is 44.8 Å². The first kappa shape index (κ1) is 14.8. The first-order valence-corrected chi connectivity index (χ1v) is 7.26. The quantitative estimate of drug-likeness (QED) is 0.772. The van der Waals surface area contributed by atoms with E-state index in [2.05, 4.69) is 31.2 Å². The lowest BCUT2D eigenvalue weighted by Gasteiger charge is -2.40. The molecule has 2 rings (SSSR count). The summed E-state index contributed by atoms with van der Waals surface area (Å²) in [5, 5.41) is 3.17. The molecule has 0 unspecified atom stereocenters. The summed E-state index contributed by atoms with van der Waals surface area (Å²) in [4.78, 5) is 16.3. The Morgan fingerprint density at radius 3 is 2.47 bits per heavy atom. The average molecular weight is 269 g/mol. The number of nitrogens with one attached hydrogen (secondary N) is 1. The number of hydrogen-bond acceptors (Lipinski definition) is 4. The number of carbonyl (C=O) groups is 1. The van der Waals surface area contributed by atoms with Gasteiger partial charge in [0, 0.05) is 32.7 Å². The van der Waals surface area contributed by atoms with Crippen molar-refractivity contribution in [2.24, 2.45) is 5.92 Å². The van der Waals surface area contributed by atoms with E-state index in [1.807, 2.05) is 4.90 Å². The van der Waals surface area contributed by atoms with Crippen LogP contribution < -0.4 is 5.32 Å². The zero-order chi connectivity index (χ0) is 13.9. The van der Waals surface area contributed by atoms with Gasteiger partial charge in [0.2, 0.25) is 5.91 Å². The van der Waals surface area contributed by atoms with E-state index in [-0.39, 0.29) is 18.1 Å². The van der Waals surface area contributed by atoms with Gasteiger partial charge in [0.25, 0.3) is 0 Å². The lowest BCUT2D eigenvalue weighted by molar-refractivity contribution is -0.147. The molecule has 2 aliphatic rings. The Morgan fingerprint density at radius 2 is 2.00 bits per heavy atom. The van der Waals surface area contributed by atoms with Crippen LogP contribution in [0.15, 0.2) is 0 Å². The van der Waals surface area contributed by atoms with Crippen molar-refractivity contribution < 1.29 is 9.53 Å². The van der Waals surface area contributed by atoms with Gasteiger partial charge < -0.3 is 19.9 Å². The maximum absolute atomic E-state index is 12.1. The Bertz CT molecular complexity index is 308.